The van der Waals surface area contributed by atoms with Crippen LogP contribution in [0.2, 0.25) is 0 Å². The van der Waals surface area contributed by atoms with Crippen LogP contribution < -0.4 is 17.2 Å². The molecule has 0 bridgehead atoms. The first-order valence-corrected chi connectivity index (χ1v) is 1.98. The summed E-state index contributed by atoms with van der Waals surface area (Å²) in [7, 11) is 1.46. The van der Waals surface area contributed by atoms with Gasteiger partial charge in [-0.25, -0.2) is 0 Å². The normalized spacial score (nSPS) is 15.0. The van der Waals surface area contributed by atoms with Crippen molar-refractivity contribution in [3.05, 3.63) is 0 Å². The van der Waals surface area contributed by atoms with E-state index in [0.717, 1.165) is 0 Å². The lowest BCUT2D eigenvalue weighted by Gasteiger charge is -2.11. The van der Waals surface area contributed by atoms with Gasteiger partial charge in [0.25, 0.3) is 0 Å². The Balaban J connectivity index is 3.14. The molecule has 1 unspecified atom stereocenters. The summed E-state index contributed by atoms with van der Waals surface area (Å²) >= 11 is 0. The number of hydrogen-bond donors (Lipinski definition) is 3. The topological polar surface area (TPSA) is 87.3 Å². The van der Waals surface area contributed by atoms with Crippen molar-refractivity contribution in [1.82, 2.24) is 0 Å². The van der Waals surface area contributed by atoms with Gasteiger partial charge in [-0.1, -0.05) is 0 Å². The lowest BCUT2D eigenvalue weighted by molar-refractivity contribution is 0.0875. The predicted octanol–water partition coefficient (Wildman–Crippen LogP) is -1.84. The van der Waals surface area contributed by atoms with Gasteiger partial charge in [-0.15, -0.1) is 0 Å². The summed E-state index contributed by atoms with van der Waals surface area (Å²) < 4.78 is 4.54. The number of rotatable bonds is 2. The molecule has 0 fully saturated rings. The standard InChI is InChI=1S/C3H11N3O/c1-7-3(6)2(4)5/h2-3H,4-6H2,1H3. The molecule has 1 atom stereocenters. The van der Waals surface area contributed by atoms with Gasteiger partial charge in [0.15, 0.2) is 0 Å². The largest absolute Gasteiger partial charge is 0.364 e. The van der Waals surface area contributed by atoms with E-state index in [2.05, 4.69) is 4.74 Å². The fourth-order valence-electron chi connectivity index (χ4n) is 0.157. The van der Waals surface area contributed by atoms with Crippen molar-refractivity contribution in [2.75, 3.05) is 7.11 Å². The first-order chi connectivity index (χ1) is 3.18. The van der Waals surface area contributed by atoms with E-state index in [9.17, 15) is 0 Å². The lowest BCUT2D eigenvalue weighted by Crippen LogP contribution is -2.48. The Kier molecular flexibility index (Phi) is 2.86. The van der Waals surface area contributed by atoms with Gasteiger partial charge in [-0.2, -0.15) is 0 Å². The summed E-state index contributed by atoms with van der Waals surface area (Å²) in [6.07, 6.45) is -1.12. The van der Waals surface area contributed by atoms with Crippen molar-refractivity contribution < 1.29 is 4.74 Å². The molecule has 0 amide bonds. The molecular weight excluding hydrogens is 94.1 g/mol. The Morgan fingerprint density at radius 1 is 1.29 bits per heavy atom. The van der Waals surface area contributed by atoms with E-state index >= 15 is 0 Å². The highest BCUT2D eigenvalue weighted by molar-refractivity contribution is 4.56. The molecule has 0 rings (SSSR count). The van der Waals surface area contributed by atoms with Gasteiger partial charge >= 0.3 is 0 Å². The molecule has 0 heterocycles. The van der Waals surface area contributed by atoms with Crippen LogP contribution in [-0.4, -0.2) is 19.5 Å². The minimum absolute atomic E-state index is 0.542. The number of hydrogen-bond acceptors (Lipinski definition) is 4. The summed E-state index contributed by atoms with van der Waals surface area (Å²) in [5, 5.41) is 0. The van der Waals surface area contributed by atoms with Crippen LogP contribution in [0.4, 0.5) is 0 Å². The van der Waals surface area contributed by atoms with Crippen LogP contribution in [0.5, 0.6) is 0 Å². The average Bonchev–Trinajstić information content (AvgIpc) is 1.65. The molecule has 0 aliphatic rings. The van der Waals surface area contributed by atoms with Crippen LogP contribution in [0.3, 0.4) is 0 Å². The van der Waals surface area contributed by atoms with Gasteiger partial charge in [-0.3, -0.25) is 0 Å². The first-order valence-electron chi connectivity index (χ1n) is 1.98. The van der Waals surface area contributed by atoms with E-state index in [4.69, 9.17) is 17.2 Å². The second-order valence-corrected chi connectivity index (χ2v) is 1.28. The van der Waals surface area contributed by atoms with E-state index in [1.165, 1.54) is 7.11 Å². The summed E-state index contributed by atoms with van der Waals surface area (Å²) in [5.41, 5.74) is 15.3. The van der Waals surface area contributed by atoms with E-state index in [1.54, 1.807) is 0 Å². The van der Waals surface area contributed by atoms with Gasteiger partial charge in [0.2, 0.25) is 0 Å². The Morgan fingerprint density at radius 2 is 1.71 bits per heavy atom. The summed E-state index contributed by atoms with van der Waals surface area (Å²) in [4.78, 5) is 0. The molecule has 0 saturated heterocycles. The second kappa shape index (κ2) is 2.92. The van der Waals surface area contributed by atoms with Crippen molar-refractivity contribution >= 4 is 0 Å². The Bertz CT molecular complexity index is 47.4. The van der Waals surface area contributed by atoms with Crippen molar-refractivity contribution in [2.45, 2.75) is 12.4 Å². The highest BCUT2D eigenvalue weighted by Crippen LogP contribution is 1.75. The third kappa shape index (κ3) is 2.52. The molecule has 6 N–H and O–H groups in total. The SMILES string of the molecule is COC(N)C(N)N. The molecule has 4 heteroatoms. The summed E-state index contributed by atoms with van der Waals surface area (Å²) in [6, 6.07) is 0. The molecule has 0 aromatic carbocycles. The highest BCUT2D eigenvalue weighted by atomic mass is 16.5. The quantitative estimate of drug-likeness (QED) is 0.360. The van der Waals surface area contributed by atoms with Crippen molar-refractivity contribution in [1.29, 1.82) is 0 Å². The van der Waals surface area contributed by atoms with Crippen molar-refractivity contribution in [3.8, 4) is 0 Å². The monoisotopic (exact) mass is 105 g/mol. The second-order valence-electron chi connectivity index (χ2n) is 1.28. The highest BCUT2D eigenvalue weighted by Gasteiger charge is 2.03. The van der Waals surface area contributed by atoms with Crippen molar-refractivity contribution in [2.24, 2.45) is 17.2 Å². The van der Waals surface area contributed by atoms with E-state index in [-0.39, 0.29) is 0 Å². The summed E-state index contributed by atoms with van der Waals surface area (Å²) in [6.45, 7) is 0. The average molecular weight is 105 g/mol. The maximum atomic E-state index is 5.14. The minimum atomic E-state index is -0.579. The van der Waals surface area contributed by atoms with Gasteiger partial charge in [0, 0.05) is 7.11 Å². The van der Waals surface area contributed by atoms with E-state index in [1.807, 2.05) is 0 Å². The maximum absolute atomic E-state index is 5.14. The Hall–Kier alpha value is -0.160. The molecule has 44 valence electrons. The van der Waals surface area contributed by atoms with Crippen LogP contribution in [0.25, 0.3) is 0 Å². The van der Waals surface area contributed by atoms with Gasteiger partial charge < -0.3 is 21.9 Å². The third-order valence-corrected chi connectivity index (χ3v) is 0.652. The zero-order valence-corrected chi connectivity index (χ0v) is 4.29. The van der Waals surface area contributed by atoms with Gasteiger partial charge in [-0.05, 0) is 0 Å². The molecular formula is C3H11N3O. The Morgan fingerprint density at radius 3 is 1.71 bits per heavy atom. The van der Waals surface area contributed by atoms with Gasteiger partial charge in [0.1, 0.15) is 6.23 Å². The van der Waals surface area contributed by atoms with Crippen LogP contribution >= 0.6 is 0 Å². The Labute approximate surface area is 42.6 Å². The first kappa shape index (κ1) is 6.84. The zero-order valence-electron chi connectivity index (χ0n) is 4.29. The smallest absolute Gasteiger partial charge is 0.133 e. The number of ether oxygens (including phenoxy) is 1. The third-order valence-electron chi connectivity index (χ3n) is 0.652. The molecule has 0 aromatic rings. The zero-order chi connectivity index (χ0) is 5.86. The fourth-order valence-corrected chi connectivity index (χ4v) is 0.157. The number of nitrogens with two attached hydrogens (primary N) is 3. The maximum Gasteiger partial charge on any atom is 0.133 e. The molecule has 0 aromatic heterocycles. The molecule has 0 aliphatic carbocycles. The van der Waals surface area contributed by atoms with Crippen molar-refractivity contribution in [3.63, 3.8) is 0 Å². The molecule has 0 saturated carbocycles. The van der Waals surface area contributed by atoms with Crippen LogP contribution in [-0.2, 0) is 4.74 Å². The molecule has 0 aliphatic heterocycles. The van der Waals surface area contributed by atoms with Gasteiger partial charge in [0.05, 0.1) is 6.17 Å². The van der Waals surface area contributed by atoms with E-state index < -0.39 is 12.4 Å². The molecule has 7 heavy (non-hydrogen) atoms. The minimum Gasteiger partial charge on any atom is -0.364 e. The number of methoxy groups -OCH3 is 1. The van der Waals surface area contributed by atoms with E-state index in [0.29, 0.717) is 0 Å². The summed E-state index contributed by atoms with van der Waals surface area (Å²) in [5.74, 6) is 0. The van der Waals surface area contributed by atoms with Crippen LogP contribution in [0.1, 0.15) is 0 Å². The predicted molar refractivity (Wildman–Crippen MR) is 27.1 cm³/mol. The fraction of sp³-hybridized carbons (Fsp3) is 1.00. The molecule has 4 nitrogen and oxygen atoms in total. The molecule has 0 radical (unpaired) electrons. The molecule has 0 spiro atoms. The van der Waals surface area contributed by atoms with Crippen LogP contribution in [0.15, 0.2) is 0 Å². The lowest BCUT2D eigenvalue weighted by atomic mass is 10.5. The van der Waals surface area contributed by atoms with Crippen LogP contribution in [0, 0.1) is 0 Å².